The van der Waals surface area contributed by atoms with Crippen LogP contribution in [0.2, 0.25) is 0 Å². The lowest BCUT2D eigenvalue weighted by Gasteiger charge is -2.09. The summed E-state index contributed by atoms with van der Waals surface area (Å²) in [6.07, 6.45) is -2.88. The number of nitrogens with one attached hydrogen (secondary N) is 2. The zero-order valence-electron chi connectivity index (χ0n) is 9.57. The van der Waals surface area contributed by atoms with E-state index in [2.05, 4.69) is 20.7 Å². The zero-order chi connectivity index (χ0) is 13.9. The molecule has 0 amide bonds. The number of halogens is 3. The second kappa shape index (κ2) is 5.11. The van der Waals surface area contributed by atoms with E-state index in [0.717, 1.165) is 12.1 Å². The molecule has 0 aliphatic carbocycles. The second-order valence-corrected chi connectivity index (χ2v) is 3.61. The van der Waals surface area contributed by atoms with Gasteiger partial charge in [-0.3, -0.25) is 5.43 Å². The molecule has 0 bridgehead atoms. The van der Waals surface area contributed by atoms with Crippen LogP contribution in [0.5, 0.6) is 0 Å². The smallest absolute Gasteiger partial charge is 0.340 e. The van der Waals surface area contributed by atoms with Crippen LogP contribution >= 0.6 is 0 Å². The first-order valence-electron chi connectivity index (χ1n) is 5.23. The van der Waals surface area contributed by atoms with Crippen molar-refractivity contribution in [3.05, 3.63) is 42.1 Å². The quantitative estimate of drug-likeness (QED) is 0.589. The number of anilines is 3. The monoisotopic (exact) mass is 269 g/mol. The number of benzene rings is 1. The molecule has 0 unspecified atom stereocenters. The third-order valence-electron chi connectivity index (χ3n) is 2.27. The molecule has 100 valence electrons. The highest BCUT2D eigenvalue weighted by Gasteiger charge is 2.29. The van der Waals surface area contributed by atoms with Gasteiger partial charge in [0.1, 0.15) is 5.82 Å². The summed E-state index contributed by atoms with van der Waals surface area (Å²) in [6, 6.07) is 6.19. The Balaban J connectivity index is 2.15. The number of hydrazine groups is 1. The van der Waals surface area contributed by atoms with Crippen molar-refractivity contribution in [1.29, 1.82) is 0 Å². The largest absolute Gasteiger partial charge is 0.416 e. The molecule has 0 fully saturated rings. The maximum Gasteiger partial charge on any atom is 0.416 e. The Labute approximate surface area is 106 Å². The van der Waals surface area contributed by atoms with Crippen molar-refractivity contribution >= 4 is 17.5 Å². The van der Waals surface area contributed by atoms with Gasteiger partial charge >= 0.3 is 6.18 Å². The highest BCUT2D eigenvalue weighted by atomic mass is 19.4. The summed E-state index contributed by atoms with van der Waals surface area (Å²) in [5.41, 5.74) is 2.05. The standard InChI is InChI=1S/C11H10F3N5/c12-11(13,14)7-1-3-8(4-2-7)17-9-5-6-16-10(18-9)19-15/h1-6H,15H2,(H2,16,17,18,19). The molecule has 2 aromatic rings. The minimum absolute atomic E-state index is 0.205. The zero-order valence-corrected chi connectivity index (χ0v) is 9.57. The summed E-state index contributed by atoms with van der Waals surface area (Å²) in [4.78, 5) is 7.79. The fourth-order valence-corrected chi connectivity index (χ4v) is 1.39. The summed E-state index contributed by atoms with van der Waals surface area (Å²) in [7, 11) is 0. The molecule has 5 nitrogen and oxygen atoms in total. The number of hydrogen-bond acceptors (Lipinski definition) is 5. The molecule has 1 aromatic carbocycles. The number of aromatic nitrogens is 2. The van der Waals surface area contributed by atoms with Gasteiger partial charge < -0.3 is 5.32 Å². The van der Waals surface area contributed by atoms with Gasteiger partial charge in [-0.15, -0.1) is 0 Å². The van der Waals surface area contributed by atoms with E-state index in [9.17, 15) is 13.2 Å². The number of alkyl halides is 3. The maximum atomic E-state index is 12.4. The Morgan fingerprint density at radius 1 is 1.05 bits per heavy atom. The van der Waals surface area contributed by atoms with E-state index < -0.39 is 11.7 Å². The highest BCUT2D eigenvalue weighted by Crippen LogP contribution is 2.30. The molecular weight excluding hydrogens is 259 g/mol. The molecule has 0 spiro atoms. The van der Waals surface area contributed by atoms with E-state index in [-0.39, 0.29) is 5.95 Å². The lowest BCUT2D eigenvalue weighted by molar-refractivity contribution is -0.137. The minimum Gasteiger partial charge on any atom is -0.340 e. The van der Waals surface area contributed by atoms with Crippen LogP contribution in [0.15, 0.2) is 36.5 Å². The van der Waals surface area contributed by atoms with E-state index >= 15 is 0 Å². The predicted molar refractivity (Wildman–Crippen MR) is 64.6 cm³/mol. The van der Waals surface area contributed by atoms with Gasteiger partial charge in [-0.05, 0) is 30.3 Å². The van der Waals surface area contributed by atoms with Crippen LogP contribution in [-0.4, -0.2) is 9.97 Å². The first-order chi connectivity index (χ1) is 8.99. The van der Waals surface area contributed by atoms with Gasteiger partial charge in [0.05, 0.1) is 5.56 Å². The van der Waals surface area contributed by atoms with Gasteiger partial charge in [-0.1, -0.05) is 0 Å². The summed E-state index contributed by atoms with van der Waals surface area (Å²) in [6.45, 7) is 0. The van der Waals surface area contributed by atoms with E-state index in [1.165, 1.54) is 18.3 Å². The van der Waals surface area contributed by atoms with Gasteiger partial charge in [-0.25, -0.2) is 10.8 Å². The Morgan fingerprint density at radius 2 is 1.74 bits per heavy atom. The second-order valence-electron chi connectivity index (χ2n) is 3.61. The molecule has 0 radical (unpaired) electrons. The van der Waals surface area contributed by atoms with E-state index in [1.54, 1.807) is 6.07 Å². The van der Waals surface area contributed by atoms with Crippen LogP contribution in [0.3, 0.4) is 0 Å². The van der Waals surface area contributed by atoms with Crippen LogP contribution < -0.4 is 16.6 Å². The summed E-state index contributed by atoms with van der Waals surface area (Å²) in [5.74, 6) is 5.78. The van der Waals surface area contributed by atoms with Gasteiger partial charge in [0.2, 0.25) is 5.95 Å². The fourth-order valence-electron chi connectivity index (χ4n) is 1.39. The Hall–Kier alpha value is -2.35. The van der Waals surface area contributed by atoms with Gasteiger partial charge in [-0.2, -0.15) is 18.2 Å². The molecule has 1 aromatic heterocycles. The number of nitrogens with zero attached hydrogens (tertiary/aromatic N) is 2. The SMILES string of the molecule is NNc1nccc(Nc2ccc(C(F)(F)F)cc2)n1. The van der Waals surface area contributed by atoms with Crippen molar-refractivity contribution in [2.24, 2.45) is 5.84 Å². The summed E-state index contributed by atoms with van der Waals surface area (Å²) < 4.78 is 37.1. The normalized spacial score (nSPS) is 11.2. The molecule has 0 saturated heterocycles. The van der Waals surface area contributed by atoms with Crippen LogP contribution in [-0.2, 0) is 6.18 Å². The summed E-state index contributed by atoms with van der Waals surface area (Å²) in [5, 5.41) is 2.84. The number of nitrogen functional groups attached to an aromatic ring is 1. The Kier molecular flexibility index (Phi) is 3.52. The number of rotatable bonds is 3. The average molecular weight is 269 g/mol. The van der Waals surface area contributed by atoms with Crippen molar-refractivity contribution in [3.8, 4) is 0 Å². The van der Waals surface area contributed by atoms with E-state index in [0.29, 0.717) is 11.5 Å². The van der Waals surface area contributed by atoms with Crippen molar-refractivity contribution in [2.75, 3.05) is 10.7 Å². The summed E-state index contributed by atoms with van der Waals surface area (Å²) >= 11 is 0. The average Bonchev–Trinajstić information content (AvgIpc) is 2.38. The molecule has 19 heavy (non-hydrogen) atoms. The maximum absolute atomic E-state index is 12.4. The number of hydrogen-bond donors (Lipinski definition) is 3. The van der Waals surface area contributed by atoms with Crippen LogP contribution in [0, 0.1) is 0 Å². The Morgan fingerprint density at radius 3 is 2.32 bits per heavy atom. The molecule has 8 heteroatoms. The van der Waals surface area contributed by atoms with Crippen molar-refractivity contribution in [3.63, 3.8) is 0 Å². The predicted octanol–water partition coefficient (Wildman–Crippen LogP) is 2.52. The molecule has 0 atom stereocenters. The van der Waals surface area contributed by atoms with Crippen LogP contribution in [0.4, 0.5) is 30.6 Å². The van der Waals surface area contributed by atoms with E-state index in [1.807, 2.05) is 0 Å². The minimum atomic E-state index is -4.34. The van der Waals surface area contributed by atoms with Crippen LogP contribution in [0.1, 0.15) is 5.56 Å². The molecule has 1 heterocycles. The molecule has 0 saturated carbocycles. The molecule has 0 aliphatic rings. The first-order valence-corrected chi connectivity index (χ1v) is 5.23. The fraction of sp³-hybridized carbons (Fsp3) is 0.0909. The Bertz CT molecular complexity index is 553. The highest BCUT2D eigenvalue weighted by molar-refractivity contribution is 5.57. The van der Waals surface area contributed by atoms with E-state index in [4.69, 9.17) is 5.84 Å². The van der Waals surface area contributed by atoms with Gasteiger partial charge in [0.25, 0.3) is 0 Å². The molecule has 4 N–H and O–H groups in total. The third kappa shape index (κ3) is 3.32. The van der Waals surface area contributed by atoms with Gasteiger partial charge in [0.15, 0.2) is 0 Å². The topological polar surface area (TPSA) is 75.9 Å². The van der Waals surface area contributed by atoms with Crippen molar-refractivity contribution < 1.29 is 13.2 Å². The third-order valence-corrected chi connectivity index (χ3v) is 2.27. The molecule has 0 aliphatic heterocycles. The lowest BCUT2D eigenvalue weighted by Crippen LogP contribution is -2.10. The van der Waals surface area contributed by atoms with Crippen LogP contribution in [0.25, 0.3) is 0 Å². The van der Waals surface area contributed by atoms with Gasteiger partial charge in [0, 0.05) is 11.9 Å². The molecule has 2 rings (SSSR count). The van der Waals surface area contributed by atoms with Crippen molar-refractivity contribution in [1.82, 2.24) is 9.97 Å². The number of nitrogens with two attached hydrogens (primary N) is 1. The molecular formula is C11H10F3N5. The first kappa shape index (κ1) is 13.1. The van der Waals surface area contributed by atoms with Crippen molar-refractivity contribution in [2.45, 2.75) is 6.18 Å². The lowest BCUT2D eigenvalue weighted by atomic mass is 10.2.